The van der Waals surface area contributed by atoms with Crippen LogP contribution in [0.1, 0.15) is 11.6 Å². The van der Waals surface area contributed by atoms with E-state index in [2.05, 4.69) is 15.6 Å². The molecule has 0 saturated carbocycles. The predicted molar refractivity (Wildman–Crippen MR) is 52.7 cm³/mol. The third kappa shape index (κ3) is 2.40. The van der Waals surface area contributed by atoms with Crippen molar-refractivity contribution in [3.05, 3.63) is 23.9 Å². The van der Waals surface area contributed by atoms with Crippen molar-refractivity contribution in [3.63, 3.8) is 0 Å². The van der Waals surface area contributed by atoms with Gasteiger partial charge >= 0.3 is 0 Å². The molecular formula is C9H15N3O. The number of aliphatic hydroxyl groups is 1. The third-order valence-electron chi connectivity index (χ3n) is 1.98. The average Bonchev–Trinajstić information content (AvgIpc) is 2.21. The normalized spacial score (nSPS) is 12.5. The van der Waals surface area contributed by atoms with Crippen molar-refractivity contribution in [2.24, 2.45) is 0 Å². The summed E-state index contributed by atoms with van der Waals surface area (Å²) in [5.41, 5.74) is 0.990. The summed E-state index contributed by atoms with van der Waals surface area (Å²) >= 11 is 0. The molecule has 0 fully saturated rings. The number of likely N-dealkylation sites (N-methyl/N-ethyl adjacent to an activating group) is 1. The molecule has 1 unspecified atom stereocenters. The molecule has 13 heavy (non-hydrogen) atoms. The lowest BCUT2D eigenvalue weighted by molar-refractivity contribution is 0.251. The van der Waals surface area contributed by atoms with Gasteiger partial charge in [-0.3, -0.25) is 0 Å². The number of hydrogen-bond donors (Lipinski definition) is 3. The molecule has 0 aliphatic heterocycles. The number of hydrogen-bond acceptors (Lipinski definition) is 4. The van der Waals surface area contributed by atoms with E-state index in [1.807, 2.05) is 26.2 Å². The van der Waals surface area contributed by atoms with Gasteiger partial charge in [0.1, 0.15) is 5.82 Å². The van der Waals surface area contributed by atoms with Crippen LogP contribution in [0.15, 0.2) is 18.3 Å². The molecule has 0 radical (unpaired) electrons. The lowest BCUT2D eigenvalue weighted by Crippen LogP contribution is -2.20. The predicted octanol–water partition coefficient (Wildman–Crippen LogP) is 0.376. The molecule has 1 rings (SSSR count). The molecule has 1 aromatic heterocycles. The van der Waals surface area contributed by atoms with Gasteiger partial charge in [0.15, 0.2) is 0 Å². The second-order valence-electron chi connectivity index (χ2n) is 2.75. The van der Waals surface area contributed by atoms with Crippen molar-refractivity contribution in [2.75, 3.05) is 26.0 Å². The smallest absolute Gasteiger partial charge is 0.125 e. The zero-order chi connectivity index (χ0) is 9.68. The van der Waals surface area contributed by atoms with Crippen LogP contribution in [0.5, 0.6) is 0 Å². The Hall–Kier alpha value is -1.13. The largest absolute Gasteiger partial charge is 0.394 e. The van der Waals surface area contributed by atoms with Gasteiger partial charge in [0.25, 0.3) is 0 Å². The maximum Gasteiger partial charge on any atom is 0.125 e. The quantitative estimate of drug-likeness (QED) is 0.628. The molecule has 0 aliphatic rings. The summed E-state index contributed by atoms with van der Waals surface area (Å²) in [7, 11) is 3.64. The van der Waals surface area contributed by atoms with Crippen molar-refractivity contribution in [2.45, 2.75) is 6.04 Å². The maximum atomic E-state index is 9.00. The van der Waals surface area contributed by atoms with E-state index in [0.29, 0.717) is 0 Å². The molecule has 0 bridgehead atoms. The number of aliphatic hydroxyl groups excluding tert-OH is 1. The summed E-state index contributed by atoms with van der Waals surface area (Å²) in [5, 5.41) is 14.9. The molecule has 3 N–H and O–H groups in total. The summed E-state index contributed by atoms with van der Waals surface area (Å²) in [6.45, 7) is 0.0804. The van der Waals surface area contributed by atoms with Crippen molar-refractivity contribution in [1.29, 1.82) is 0 Å². The van der Waals surface area contributed by atoms with Gasteiger partial charge in [-0.15, -0.1) is 0 Å². The molecule has 1 atom stereocenters. The molecule has 1 heterocycles. The number of nitrogens with one attached hydrogen (secondary N) is 2. The van der Waals surface area contributed by atoms with Gasteiger partial charge < -0.3 is 15.7 Å². The lowest BCUT2D eigenvalue weighted by Gasteiger charge is -2.12. The fraction of sp³-hybridized carbons (Fsp3) is 0.444. The number of aromatic nitrogens is 1. The van der Waals surface area contributed by atoms with Crippen LogP contribution < -0.4 is 10.6 Å². The van der Waals surface area contributed by atoms with E-state index < -0.39 is 0 Å². The van der Waals surface area contributed by atoms with Gasteiger partial charge in [0.05, 0.1) is 12.6 Å². The fourth-order valence-corrected chi connectivity index (χ4v) is 1.12. The van der Waals surface area contributed by atoms with Crippen LogP contribution in [0.3, 0.4) is 0 Å². The highest BCUT2D eigenvalue weighted by Gasteiger charge is 2.06. The second-order valence-corrected chi connectivity index (χ2v) is 2.75. The average molecular weight is 181 g/mol. The Labute approximate surface area is 78.0 Å². The molecule has 0 aromatic carbocycles. The van der Waals surface area contributed by atoms with Gasteiger partial charge in [-0.2, -0.15) is 0 Å². The van der Waals surface area contributed by atoms with Crippen molar-refractivity contribution >= 4 is 5.82 Å². The molecule has 0 spiro atoms. The third-order valence-corrected chi connectivity index (χ3v) is 1.98. The Morgan fingerprint density at radius 3 is 2.62 bits per heavy atom. The van der Waals surface area contributed by atoms with E-state index >= 15 is 0 Å². The minimum absolute atomic E-state index is 0.0293. The van der Waals surface area contributed by atoms with Crippen LogP contribution in [0.4, 0.5) is 5.82 Å². The summed E-state index contributed by atoms with van der Waals surface area (Å²) in [6.07, 6.45) is 1.75. The highest BCUT2D eigenvalue weighted by atomic mass is 16.3. The highest BCUT2D eigenvalue weighted by Crippen LogP contribution is 2.12. The number of pyridine rings is 1. The van der Waals surface area contributed by atoms with Crippen molar-refractivity contribution < 1.29 is 5.11 Å². The van der Waals surface area contributed by atoms with Gasteiger partial charge in [-0.05, 0) is 18.7 Å². The van der Waals surface area contributed by atoms with Crippen LogP contribution in [0.2, 0.25) is 0 Å². The van der Waals surface area contributed by atoms with Crippen molar-refractivity contribution in [1.82, 2.24) is 10.3 Å². The molecule has 0 saturated heterocycles. The lowest BCUT2D eigenvalue weighted by atomic mass is 10.1. The Morgan fingerprint density at radius 2 is 2.23 bits per heavy atom. The van der Waals surface area contributed by atoms with Gasteiger partial charge in [0.2, 0.25) is 0 Å². The zero-order valence-electron chi connectivity index (χ0n) is 7.91. The van der Waals surface area contributed by atoms with Gasteiger partial charge in [-0.25, -0.2) is 4.98 Å². The highest BCUT2D eigenvalue weighted by molar-refractivity contribution is 5.35. The Morgan fingerprint density at radius 1 is 1.46 bits per heavy atom. The molecule has 4 heteroatoms. The van der Waals surface area contributed by atoms with E-state index in [-0.39, 0.29) is 12.6 Å². The zero-order valence-corrected chi connectivity index (χ0v) is 7.91. The number of anilines is 1. The van der Waals surface area contributed by atoms with Gasteiger partial charge in [0, 0.05) is 13.2 Å². The molecule has 72 valence electrons. The Kier molecular flexibility index (Phi) is 3.67. The number of rotatable bonds is 4. The summed E-state index contributed by atoms with van der Waals surface area (Å²) < 4.78 is 0. The Balaban J connectivity index is 2.78. The minimum atomic E-state index is -0.0293. The minimum Gasteiger partial charge on any atom is -0.394 e. The molecular weight excluding hydrogens is 166 g/mol. The SMILES string of the molecule is CNc1ccc(C(CO)NC)cn1. The van der Waals surface area contributed by atoms with Crippen LogP contribution in [0.25, 0.3) is 0 Å². The molecule has 0 amide bonds. The van der Waals surface area contributed by atoms with E-state index in [1.54, 1.807) is 6.20 Å². The van der Waals surface area contributed by atoms with Crippen LogP contribution in [0, 0.1) is 0 Å². The van der Waals surface area contributed by atoms with E-state index in [4.69, 9.17) is 5.11 Å². The molecule has 1 aromatic rings. The van der Waals surface area contributed by atoms with Crippen LogP contribution in [-0.4, -0.2) is 30.8 Å². The number of nitrogens with zero attached hydrogens (tertiary/aromatic N) is 1. The Bertz CT molecular complexity index is 244. The first-order valence-corrected chi connectivity index (χ1v) is 4.23. The molecule has 0 aliphatic carbocycles. The van der Waals surface area contributed by atoms with Crippen molar-refractivity contribution in [3.8, 4) is 0 Å². The van der Waals surface area contributed by atoms with Crippen LogP contribution in [-0.2, 0) is 0 Å². The summed E-state index contributed by atoms with van der Waals surface area (Å²) in [4.78, 5) is 4.15. The summed E-state index contributed by atoms with van der Waals surface area (Å²) in [6, 6.07) is 3.80. The molecule has 4 nitrogen and oxygen atoms in total. The van der Waals surface area contributed by atoms with Crippen LogP contribution >= 0.6 is 0 Å². The fourth-order valence-electron chi connectivity index (χ4n) is 1.12. The first kappa shape index (κ1) is 9.95. The maximum absolute atomic E-state index is 9.00. The first-order chi connectivity index (χ1) is 6.31. The first-order valence-electron chi connectivity index (χ1n) is 4.23. The summed E-state index contributed by atoms with van der Waals surface area (Å²) in [5.74, 6) is 0.830. The second kappa shape index (κ2) is 4.79. The van der Waals surface area contributed by atoms with Gasteiger partial charge in [-0.1, -0.05) is 6.07 Å². The topological polar surface area (TPSA) is 57.2 Å². The van der Waals surface area contributed by atoms with E-state index in [9.17, 15) is 0 Å². The van der Waals surface area contributed by atoms with E-state index in [0.717, 1.165) is 11.4 Å². The standard InChI is InChI=1S/C9H15N3O/c1-10-8(6-13)7-3-4-9(11-2)12-5-7/h3-5,8,10,13H,6H2,1-2H3,(H,11,12). The van der Waals surface area contributed by atoms with E-state index in [1.165, 1.54) is 0 Å². The monoisotopic (exact) mass is 181 g/mol.